The summed E-state index contributed by atoms with van der Waals surface area (Å²) in [7, 11) is -5.09. The molecule has 0 spiro atoms. The van der Waals surface area contributed by atoms with Gasteiger partial charge in [-0.25, -0.2) is 4.57 Å². The summed E-state index contributed by atoms with van der Waals surface area (Å²) in [5.41, 5.74) is 0. The van der Waals surface area contributed by atoms with E-state index in [4.69, 9.17) is 18.5 Å². The van der Waals surface area contributed by atoms with Crippen LogP contribution in [0.4, 0.5) is 0 Å². The van der Waals surface area contributed by atoms with Crippen molar-refractivity contribution in [3.63, 3.8) is 0 Å². The molecular weight excluding hydrogens is 635 g/mol. The van der Waals surface area contributed by atoms with Crippen LogP contribution in [-0.4, -0.2) is 98.3 Å². The molecule has 0 radical (unpaired) electrons. The van der Waals surface area contributed by atoms with Gasteiger partial charge in [-0.2, -0.15) is 0 Å². The lowest BCUT2D eigenvalue weighted by atomic mass is 9.85. The second-order valence-electron chi connectivity index (χ2n) is 12.4. The van der Waals surface area contributed by atoms with E-state index in [9.17, 15) is 44.6 Å². The maximum atomic E-state index is 12.6. The van der Waals surface area contributed by atoms with Crippen LogP contribution in [0.3, 0.4) is 0 Å². The van der Waals surface area contributed by atoms with Gasteiger partial charge in [0.25, 0.3) is 0 Å². The average molecular weight is 697 g/mol. The van der Waals surface area contributed by atoms with Gasteiger partial charge in [0.1, 0.15) is 43.2 Å². The summed E-state index contributed by atoms with van der Waals surface area (Å²) < 4.78 is 33.0. The topological polar surface area (TPSA) is 210 Å². The van der Waals surface area contributed by atoms with Gasteiger partial charge in [0.2, 0.25) is 0 Å². The molecular formula is C33H61O13P. The fourth-order valence-electron chi connectivity index (χ4n) is 5.16. The standard InChI is InChI=1S/C33H61O13P/c1-3-5-7-9-10-11-12-13-14-15-16-18-20-22-27(35)45-25(23-43-26(34)21-19-17-8-6-4-2)24-44-47(41,42)46-33-31(39)29(37)28(36)30(38)32(33)40/h11-12,25,28-33,36-40H,3-10,13-24H2,1-2H3,(H,41,42)/b12-11-. The first-order valence-corrected chi connectivity index (χ1v) is 19.0. The van der Waals surface area contributed by atoms with Crippen LogP contribution >= 0.6 is 7.82 Å². The highest BCUT2D eigenvalue weighted by molar-refractivity contribution is 7.47. The monoisotopic (exact) mass is 696 g/mol. The summed E-state index contributed by atoms with van der Waals surface area (Å²) in [5.74, 6) is -1.13. The first-order chi connectivity index (χ1) is 22.4. The molecule has 0 aromatic rings. The van der Waals surface area contributed by atoms with Gasteiger partial charge < -0.3 is 39.9 Å². The van der Waals surface area contributed by atoms with E-state index in [1.807, 2.05) is 0 Å². The largest absolute Gasteiger partial charge is 0.472 e. The number of ether oxygens (including phenoxy) is 2. The smallest absolute Gasteiger partial charge is 0.462 e. The fraction of sp³-hybridized carbons (Fsp3) is 0.879. The number of phosphoric ester groups is 1. The van der Waals surface area contributed by atoms with Gasteiger partial charge in [-0.05, 0) is 38.5 Å². The number of hydrogen-bond acceptors (Lipinski definition) is 12. The van der Waals surface area contributed by atoms with Crippen LogP contribution in [-0.2, 0) is 32.7 Å². The highest BCUT2D eigenvalue weighted by Crippen LogP contribution is 2.47. The normalized spacial score (nSPS) is 25.0. The van der Waals surface area contributed by atoms with Crippen molar-refractivity contribution < 1.29 is 63.1 Å². The van der Waals surface area contributed by atoms with Crippen molar-refractivity contribution in [2.24, 2.45) is 0 Å². The summed E-state index contributed by atoms with van der Waals surface area (Å²) in [4.78, 5) is 35.0. The number of aliphatic hydroxyl groups excluding tert-OH is 5. The Bertz CT molecular complexity index is 901. The Morgan fingerprint density at radius 1 is 0.638 bits per heavy atom. The highest BCUT2D eigenvalue weighted by atomic mass is 31.2. The molecule has 6 unspecified atom stereocenters. The molecule has 1 aliphatic carbocycles. The Labute approximate surface area is 280 Å². The van der Waals surface area contributed by atoms with Crippen LogP contribution in [0.5, 0.6) is 0 Å². The van der Waals surface area contributed by atoms with Gasteiger partial charge >= 0.3 is 19.8 Å². The predicted molar refractivity (Wildman–Crippen MR) is 175 cm³/mol. The van der Waals surface area contributed by atoms with E-state index in [2.05, 4.69) is 26.0 Å². The summed E-state index contributed by atoms with van der Waals surface area (Å²) in [6, 6.07) is 0. The second-order valence-corrected chi connectivity index (χ2v) is 13.8. The molecule has 276 valence electrons. The molecule has 0 amide bonds. The molecule has 0 heterocycles. The zero-order valence-electron chi connectivity index (χ0n) is 28.3. The van der Waals surface area contributed by atoms with Gasteiger partial charge in [0, 0.05) is 12.8 Å². The fourth-order valence-corrected chi connectivity index (χ4v) is 6.13. The van der Waals surface area contributed by atoms with Crippen LogP contribution in [0.2, 0.25) is 0 Å². The summed E-state index contributed by atoms with van der Waals surface area (Å²) >= 11 is 0. The number of carbonyl (C=O) groups is 2. The first kappa shape index (κ1) is 43.6. The maximum absolute atomic E-state index is 12.6. The van der Waals surface area contributed by atoms with Crippen LogP contribution in [0.25, 0.3) is 0 Å². The highest BCUT2D eigenvalue weighted by Gasteiger charge is 2.51. The minimum Gasteiger partial charge on any atom is -0.462 e. The number of aliphatic hydroxyl groups is 5. The van der Waals surface area contributed by atoms with Crippen LogP contribution < -0.4 is 0 Å². The quantitative estimate of drug-likeness (QED) is 0.0305. The molecule has 0 bridgehead atoms. The van der Waals surface area contributed by atoms with Crippen molar-refractivity contribution in [2.75, 3.05) is 13.2 Å². The number of unbranched alkanes of at least 4 members (excludes halogenated alkanes) is 13. The Kier molecular flexibility index (Phi) is 23.7. The summed E-state index contributed by atoms with van der Waals surface area (Å²) in [6.07, 6.45) is 7.86. The Morgan fingerprint density at radius 3 is 1.64 bits per heavy atom. The number of phosphoric acid groups is 1. The number of rotatable bonds is 27. The average Bonchev–Trinajstić information content (AvgIpc) is 3.04. The number of allylic oxidation sites excluding steroid dienone is 2. The molecule has 0 aromatic heterocycles. The van der Waals surface area contributed by atoms with Crippen LogP contribution in [0.15, 0.2) is 12.2 Å². The van der Waals surface area contributed by atoms with Crippen molar-refractivity contribution in [3.8, 4) is 0 Å². The van der Waals surface area contributed by atoms with Gasteiger partial charge in [0.05, 0.1) is 6.61 Å². The number of esters is 2. The second kappa shape index (κ2) is 25.5. The molecule has 13 nitrogen and oxygen atoms in total. The van der Waals surface area contributed by atoms with Crippen molar-refractivity contribution >= 4 is 19.8 Å². The molecule has 1 aliphatic rings. The third kappa shape index (κ3) is 19.4. The van der Waals surface area contributed by atoms with Crippen LogP contribution in [0.1, 0.15) is 129 Å². The Hall–Kier alpha value is -1.41. The van der Waals surface area contributed by atoms with E-state index in [1.165, 1.54) is 25.7 Å². The predicted octanol–water partition coefficient (Wildman–Crippen LogP) is 4.38. The van der Waals surface area contributed by atoms with E-state index in [0.29, 0.717) is 12.8 Å². The molecule has 47 heavy (non-hydrogen) atoms. The SMILES string of the molecule is CCCCCC/C=C\CCCCCCCC(=O)OC(COC(=O)CCCCCCC)COP(=O)(O)OC1C(O)C(O)C(O)C(O)C1O. The Balaban J connectivity index is 2.56. The maximum Gasteiger partial charge on any atom is 0.472 e. The Morgan fingerprint density at radius 2 is 1.09 bits per heavy atom. The first-order valence-electron chi connectivity index (χ1n) is 17.5. The van der Waals surface area contributed by atoms with Gasteiger partial charge in [0.15, 0.2) is 6.10 Å². The lowest BCUT2D eigenvalue weighted by molar-refractivity contribution is -0.220. The number of hydrogen-bond donors (Lipinski definition) is 6. The van der Waals surface area contributed by atoms with Crippen molar-refractivity contribution in [1.29, 1.82) is 0 Å². The molecule has 6 atom stereocenters. The van der Waals surface area contributed by atoms with Gasteiger partial charge in [-0.1, -0.05) is 90.2 Å². The number of carbonyl (C=O) groups excluding carboxylic acids is 2. The minimum atomic E-state index is -5.09. The minimum absolute atomic E-state index is 0.0887. The zero-order valence-corrected chi connectivity index (χ0v) is 29.2. The van der Waals surface area contributed by atoms with Gasteiger partial charge in [-0.15, -0.1) is 0 Å². The van der Waals surface area contributed by atoms with E-state index in [-0.39, 0.29) is 12.8 Å². The lowest BCUT2D eigenvalue weighted by Gasteiger charge is -2.41. The van der Waals surface area contributed by atoms with Crippen molar-refractivity contribution in [1.82, 2.24) is 0 Å². The molecule has 0 aliphatic heterocycles. The molecule has 1 saturated carbocycles. The third-order valence-corrected chi connectivity index (χ3v) is 9.09. The summed E-state index contributed by atoms with van der Waals surface area (Å²) in [6.45, 7) is 3.11. The van der Waals surface area contributed by atoms with Crippen molar-refractivity contribution in [2.45, 2.75) is 172 Å². The molecule has 6 N–H and O–H groups in total. The molecule has 0 aromatic carbocycles. The zero-order chi connectivity index (χ0) is 35.1. The van der Waals surface area contributed by atoms with Crippen molar-refractivity contribution in [3.05, 3.63) is 12.2 Å². The van der Waals surface area contributed by atoms with Gasteiger partial charge in [-0.3, -0.25) is 18.6 Å². The molecule has 1 fully saturated rings. The molecule has 0 saturated heterocycles. The summed E-state index contributed by atoms with van der Waals surface area (Å²) in [5, 5.41) is 49.7. The van der Waals surface area contributed by atoms with E-state index < -0.39 is 75.7 Å². The lowest BCUT2D eigenvalue weighted by Crippen LogP contribution is -2.64. The van der Waals surface area contributed by atoms with E-state index in [0.717, 1.165) is 64.2 Å². The third-order valence-electron chi connectivity index (χ3n) is 8.11. The van der Waals surface area contributed by atoms with E-state index >= 15 is 0 Å². The molecule has 14 heteroatoms. The molecule has 1 rings (SSSR count). The van der Waals surface area contributed by atoms with E-state index in [1.54, 1.807) is 0 Å². The van der Waals surface area contributed by atoms with Crippen LogP contribution in [0, 0.1) is 0 Å².